The van der Waals surface area contributed by atoms with Gasteiger partial charge in [-0.1, -0.05) is 31.1 Å². The highest BCUT2D eigenvalue weighted by molar-refractivity contribution is 6.03. The Bertz CT molecular complexity index is 1770. The molecular weight excluding hydrogens is 643 g/mol. The van der Waals surface area contributed by atoms with Crippen LogP contribution >= 0.6 is 0 Å². The molecule has 1 aliphatic heterocycles. The SMILES string of the molecule is Cc1nonc1C(=O)N[C@H](C(=O)Nc1ccc2c(c1)CC(C(=O)Nc1cccc(F)c1)(N1C[C@@H](C(C)C)NC1=O)C2)C1CCC(F)(F)CC1. The molecule has 1 saturated heterocycles. The first-order valence-electron chi connectivity index (χ1n) is 16.3. The van der Waals surface area contributed by atoms with E-state index in [2.05, 4.69) is 36.2 Å². The van der Waals surface area contributed by atoms with Crippen LogP contribution in [0.3, 0.4) is 0 Å². The Kier molecular flexibility index (Phi) is 9.11. The lowest BCUT2D eigenvalue weighted by Crippen LogP contribution is -2.59. The highest BCUT2D eigenvalue weighted by atomic mass is 19.3. The van der Waals surface area contributed by atoms with Gasteiger partial charge in [-0.25, -0.2) is 22.6 Å². The molecule has 1 aromatic heterocycles. The van der Waals surface area contributed by atoms with E-state index in [1.165, 1.54) is 30.0 Å². The third-order valence-corrected chi connectivity index (χ3v) is 9.87. The Balaban J connectivity index is 1.25. The van der Waals surface area contributed by atoms with Crippen LogP contribution in [0.1, 0.15) is 66.8 Å². The normalized spacial score (nSPS) is 22.4. The summed E-state index contributed by atoms with van der Waals surface area (Å²) in [6.07, 6.45) is -0.504. The number of urea groups is 1. The molecule has 3 atom stereocenters. The van der Waals surface area contributed by atoms with Crippen molar-refractivity contribution in [2.75, 3.05) is 17.2 Å². The number of anilines is 2. The highest BCUT2D eigenvalue weighted by Crippen LogP contribution is 2.40. The topological polar surface area (TPSA) is 159 Å². The summed E-state index contributed by atoms with van der Waals surface area (Å²) >= 11 is 0. The predicted octanol–water partition coefficient (Wildman–Crippen LogP) is 4.61. The average molecular weight is 682 g/mol. The number of alkyl halides is 2. The molecule has 2 aromatic carbocycles. The fraction of sp³-hybridized carbons (Fsp3) is 0.471. The van der Waals surface area contributed by atoms with E-state index in [-0.39, 0.29) is 67.3 Å². The van der Waals surface area contributed by atoms with Crippen LogP contribution in [0.15, 0.2) is 47.1 Å². The lowest BCUT2D eigenvalue weighted by Gasteiger charge is -2.36. The van der Waals surface area contributed by atoms with Crippen molar-refractivity contribution in [1.29, 1.82) is 0 Å². The fourth-order valence-electron chi connectivity index (χ4n) is 6.99. The third-order valence-electron chi connectivity index (χ3n) is 9.87. The number of fused-ring (bicyclic) bond motifs is 1. The molecule has 15 heteroatoms. The molecule has 1 saturated carbocycles. The molecule has 3 aromatic rings. The minimum Gasteiger partial charge on any atom is -0.338 e. The van der Waals surface area contributed by atoms with Crippen LogP contribution in [-0.2, 0) is 22.4 Å². The van der Waals surface area contributed by atoms with Gasteiger partial charge in [-0.2, -0.15) is 0 Å². The Morgan fingerprint density at radius 3 is 2.37 bits per heavy atom. The first-order chi connectivity index (χ1) is 23.2. The molecule has 260 valence electrons. The van der Waals surface area contributed by atoms with Gasteiger partial charge in [-0.15, -0.1) is 0 Å². The quantitative estimate of drug-likeness (QED) is 0.257. The van der Waals surface area contributed by atoms with Crippen LogP contribution in [0.2, 0.25) is 0 Å². The predicted molar refractivity (Wildman–Crippen MR) is 171 cm³/mol. The van der Waals surface area contributed by atoms with E-state index in [1.54, 1.807) is 24.3 Å². The van der Waals surface area contributed by atoms with Gasteiger partial charge in [-0.3, -0.25) is 14.4 Å². The molecule has 1 unspecified atom stereocenters. The van der Waals surface area contributed by atoms with Gasteiger partial charge in [0.05, 0.1) is 6.04 Å². The van der Waals surface area contributed by atoms with Gasteiger partial charge in [-0.05, 0) is 78.2 Å². The van der Waals surface area contributed by atoms with Gasteiger partial charge in [0.15, 0.2) is 5.69 Å². The number of benzene rings is 2. The maximum Gasteiger partial charge on any atom is 0.318 e. The standard InChI is InChI=1S/C34H38F3N7O5/c1-18(2)26-17-44(32(48)40-26)33(31(47)39-24-6-4-5-23(35)14-24)15-21-7-8-25(13-22(21)16-33)38-30(46)28(20-9-11-34(36,37)12-10-20)41-29(45)27-19(3)42-49-43-27/h4-8,13-14,18,20,26,28H,9-12,15-17H2,1-3H3,(H,38,46)(H,39,47)(H,40,48)(H,41,45)/t26-,28-,33?/m0/s1. The van der Waals surface area contributed by atoms with Crippen molar-refractivity contribution in [2.24, 2.45) is 11.8 Å². The lowest BCUT2D eigenvalue weighted by atomic mass is 9.81. The summed E-state index contributed by atoms with van der Waals surface area (Å²) < 4.78 is 46.7. The van der Waals surface area contributed by atoms with Gasteiger partial charge < -0.3 is 26.2 Å². The van der Waals surface area contributed by atoms with Crippen LogP contribution in [0, 0.1) is 24.6 Å². The number of nitrogens with zero attached hydrogens (tertiary/aromatic N) is 3. The van der Waals surface area contributed by atoms with Crippen LogP contribution in [0.25, 0.3) is 0 Å². The van der Waals surface area contributed by atoms with E-state index < -0.39 is 59.8 Å². The number of carbonyl (C=O) groups excluding carboxylic acids is 4. The number of aromatic nitrogens is 2. The van der Waals surface area contributed by atoms with Gasteiger partial charge in [0, 0.05) is 43.6 Å². The second-order valence-electron chi connectivity index (χ2n) is 13.6. The molecule has 6 rings (SSSR count). The maximum atomic E-state index is 14.1. The van der Waals surface area contributed by atoms with Gasteiger partial charge in [0.2, 0.25) is 11.8 Å². The maximum absolute atomic E-state index is 14.1. The average Bonchev–Trinajstić information content (AvgIpc) is 3.76. The number of nitrogens with one attached hydrogen (secondary N) is 4. The molecule has 4 N–H and O–H groups in total. The van der Waals surface area contributed by atoms with Crippen molar-refractivity contribution in [1.82, 2.24) is 25.8 Å². The van der Waals surface area contributed by atoms with Gasteiger partial charge in [0.1, 0.15) is 23.1 Å². The Morgan fingerprint density at radius 1 is 1.00 bits per heavy atom. The fourth-order valence-corrected chi connectivity index (χ4v) is 6.99. The molecule has 2 aliphatic carbocycles. The number of rotatable bonds is 9. The molecule has 49 heavy (non-hydrogen) atoms. The zero-order chi connectivity index (χ0) is 35.1. The lowest BCUT2D eigenvalue weighted by molar-refractivity contribution is -0.125. The summed E-state index contributed by atoms with van der Waals surface area (Å²) in [6.45, 7) is 5.75. The summed E-state index contributed by atoms with van der Waals surface area (Å²) in [4.78, 5) is 55.7. The monoisotopic (exact) mass is 681 g/mol. The first kappa shape index (κ1) is 33.9. The molecule has 0 radical (unpaired) electrons. The van der Waals surface area contributed by atoms with Crippen LogP contribution < -0.4 is 21.3 Å². The molecule has 2 fully saturated rings. The molecule has 0 spiro atoms. The number of hydrogen-bond donors (Lipinski definition) is 4. The van der Waals surface area contributed by atoms with E-state index in [0.717, 1.165) is 5.56 Å². The van der Waals surface area contributed by atoms with Gasteiger partial charge in [0.25, 0.3) is 11.8 Å². The molecule has 2 heterocycles. The van der Waals surface area contributed by atoms with E-state index in [0.29, 0.717) is 11.3 Å². The summed E-state index contributed by atoms with van der Waals surface area (Å²) in [6, 6.07) is 8.89. The second-order valence-corrected chi connectivity index (χ2v) is 13.6. The summed E-state index contributed by atoms with van der Waals surface area (Å²) in [5.74, 6) is -5.63. The molecule has 3 aliphatic rings. The van der Waals surface area contributed by atoms with E-state index >= 15 is 0 Å². The van der Waals surface area contributed by atoms with Gasteiger partial charge >= 0.3 is 6.03 Å². The van der Waals surface area contributed by atoms with Crippen molar-refractivity contribution in [3.05, 3.63) is 70.8 Å². The minimum atomic E-state index is -2.84. The van der Waals surface area contributed by atoms with Crippen molar-refractivity contribution in [3.63, 3.8) is 0 Å². The van der Waals surface area contributed by atoms with E-state index in [4.69, 9.17) is 0 Å². The zero-order valence-electron chi connectivity index (χ0n) is 27.3. The Morgan fingerprint density at radius 2 is 1.71 bits per heavy atom. The smallest absolute Gasteiger partial charge is 0.318 e. The van der Waals surface area contributed by atoms with Crippen molar-refractivity contribution in [3.8, 4) is 0 Å². The third kappa shape index (κ3) is 6.97. The van der Waals surface area contributed by atoms with Crippen LogP contribution in [0.5, 0.6) is 0 Å². The number of halogens is 3. The van der Waals surface area contributed by atoms with Crippen molar-refractivity contribution < 1.29 is 37.0 Å². The summed E-state index contributed by atoms with van der Waals surface area (Å²) in [5.41, 5.74) is 0.834. The van der Waals surface area contributed by atoms with Crippen LogP contribution in [-0.4, -0.2) is 69.1 Å². The van der Waals surface area contributed by atoms with E-state index in [9.17, 15) is 32.3 Å². The van der Waals surface area contributed by atoms with E-state index in [1.807, 2.05) is 13.8 Å². The Labute approximate surface area is 280 Å². The number of aryl methyl sites for hydroxylation is 1. The van der Waals surface area contributed by atoms with Crippen molar-refractivity contribution >= 4 is 35.1 Å². The number of amides is 5. The first-order valence-corrected chi connectivity index (χ1v) is 16.3. The summed E-state index contributed by atoms with van der Waals surface area (Å²) in [7, 11) is 0. The molecule has 0 bridgehead atoms. The molecule has 12 nitrogen and oxygen atoms in total. The minimum absolute atomic E-state index is 0.0177. The van der Waals surface area contributed by atoms with Crippen molar-refractivity contribution in [2.45, 2.75) is 82.8 Å². The number of hydrogen-bond acceptors (Lipinski definition) is 7. The largest absolute Gasteiger partial charge is 0.338 e. The van der Waals surface area contributed by atoms with Crippen LogP contribution in [0.4, 0.5) is 29.3 Å². The molecule has 5 amide bonds. The Hall–Kier alpha value is -4.95. The second kappa shape index (κ2) is 13.2. The number of carbonyl (C=O) groups is 4. The summed E-state index contributed by atoms with van der Waals surface area (Å²) in [5, 5.41) is 18.4. The zero-order valence-corrected chi connectivity index (χ0v) is 27.3. The highest BCUT2D eigenvalue weighted by Gasteiger charge is 2.53. The molecular formula is C34H38F3N7O5.